The quantitative estimate of drug-likeness (QED) is 0.731. The number of hydrogen-bond acceptors (Lipinski definition) is 4. The lowest BCUT2D eigenvalue weighted by molar-refractivity contribution is 0.0695. The molecular formula is C8H7N3O3. The number of ether oxygens (including phenoxy) is 1. The molecule has 1 aromatic carbocycles. The third-order valence-corrected chi connectivity index (χ3v) is 1.89. The van der Waals surface area contributed by atoms with Crippen molar-refractivity contribution in [1.29, 1.82) is 0 Å². The minimum Gasteiger partial charge on any atom is -0.496 e. The van der Waals surface area contributed by atoms with Crippen LogP contribution in [-0.2, 0) is 0 Å². The largest absolute Gasteiger partial charge is 0.496 e. The van der Waals surface area contributed by atoms with E-state index in [1.165, 1.54) is 7.11 Å². The molecule has 0 amide bonds. The summed E-state index contributed by atoms with van der Waals surface area (Å²) in [6.45, 7) is 0. The Labute approximate surface area is 78.5 Å². The number of carbonyl (C=O) groups is 1. The Kier molecular flexibility index (Phi) is 1.81. The van der Waals surface area contributed by atoms with Gasteiger partial charge in [-0.05, 0) is 12.1 Å². The predicted octanol–water partition coefficient (Wildman–Crippen LogP) is 0.665. The Balaban J connectivity index is 2.82. The highest BCUT2D eigenvalue weighted by Crippen LogP contribution is 2.24. The molecule has 0 fully saturated rings. The van der Waals surface area contributed by atoms with Crippen LogP contribution in [0.1, 0.15) is 10.4 Å². The van der Waals surface area contributed by atoms with E-state index in [1.807, 2.05) is 0 Å². The van der Waals surface area contributed by atoms with E-state index in [0.29, 0.717) is 11.0 Å². The molecule has 1 aromatic heterocycles. The molecule has 0 spiro atoms. The first-order valence-corrected chi connectivity index (χ1v) is 3.85. The number of H-pyrrole nitrogens is 1. The van der Waals surface area contributed by atoms with Gasteiger partial charge in [0.15, 0.2) is 0 Å². The zero-order valence-corrected chi connectivity index (χ0v) is 7.31. The van der Waals surface area contributed by atoms with Crippen molar-refractivity contribution in [1.82, 2.24) is 15.4 Å². The monoisotopic (exact) mass is 193 g/mol. The van der Waals surface area contributed by atoms with E-state index < -0.39 is 5.97 Å². The van der Waals surface area contributed by atoms with E-state index in [9.17, 15) is 4.79 Å². The Bertz CT molecular complexity index is 492. The lowest BCUT2D eigenvalue weighted by atomic mass is 10.1. The van der Waals surface area contributed by atoms with Crippen LogP contribution < -0.4 is 4.74 Å². The molecule has 0 bridgehead atoms. The summed E-state index contributed by atoms with van der Waals surface area (Å²) in [4.78, 5) is 10.9. The number of fused-ring (bicyclic) bond motifs is 1. The van der Waals surface area contributed by atoms with E-state index in [2.05, 4.69) is 15.4 Å². The van der Waals surface area contributed by atoms with Crippen LogP contribution >= 0.6 is 0 Å². The van der Waals surface area contributed by atoms with Crippen LogP contribution in [0, 0.1) is 0 Å². The van der Waals surface area contributed by atoms with Gasteiger partial charge in [-0.1, -0.05) is 5.21 Å². The van der Waals surface area contributed by atoms with Gasteiger partial charge in [0.25, 0.3) is 0 Å². The van der Waals surface area contributed by atoms with Crippen LogP contribution in [0.2, 0.25) is 0 Å². The van der Waals surface area contributed by atoms with Gasteiger partial charge in [0, 0.05) is 0 Å². The molecule has 0 saturated heterocycles. The van der Waals surface area contributed by atoms with Crippen LogP contribution in [0.25, 0.3) is 11.0 Å². The first kappa shape index (κ1) is 8.49. The van der Waals surface area contributed by atoms with Crippen molar-refractivity contribution in [3.8, 4) is 5.75 Å². The van der Waals surface area contributed by atoms with Crippen LogP contribution in [0.15, 0.2) is 12.1 Å². The number of aromatic nitrogens is 3. The summed E-state index contributed by atoms with van der Waals surface area (Å²) in [5, 5.41) is 18.7. The minimum atomic E-state index is -1.08. The summed E-state index contributed by atoms with van der Waals surface area (Å²) in [5.41, 5.74) is 0.902. The van der Waals surface area contributed by atoms with Crippen LogP contribution in [0.3, 0.4) is 0 Å². The maximum Gasteiger partial charge on any atom is 0.341 e. The number of carboxylic acids is 1. The topological polar surface area (TPSA) is 88.1 Å². The lowest BCUT2D eigenvalue weighted by Gasteiger charge is -2.03. The standard InChI is InChI=1S/C8H7N3O3/c1-14-5-3-2-4-7(10-11-9-4)6(5)8(12)13/h2-3H,1H3,(H,12,13)(H,9,10,11). The van der Waals surface area contributed by atoms with Gasteiger partial charge in [-0.2, -0.15) is 0 Å². The molecule has 14 heavy (non-hydrogen) atoms. The molecule has 0 radical (unpaired) electrons. The lowest BCUT2D eigenvalue weighted by Crippen LogP contribution is -2.01. The van der Waals surface area contributed by atoms with E-state index in [1.54, 1.807) is 12.1 Å². The second-order valence-electron chi connectivity index (χ2n) is 2.66. The molecular weight excluding hydrogens is 186 g/mol. The zero-order chi connectivity index (χ0) is 10.1. The molecule has 1 heterocycles. The summed E-state index contributed by atoms with van der Waals surface area (Å²) < 4.78 is 4.92. The average Bonchev–Trinajstić information content (AvgIpc) is 2.62. The number of nitrogens with one attached hydrogen (secondary N) is 1. The maximum absolute atomic E-state index is 10.9. The summed E-state index contributed by atoms with van der Waals surface area (Å²) in [5.74, 6) is -0.805. The number of aromatic carboxylic acids is 1. The van der Waals surface area contributed by atoms with Crippen molar-refractivity contribution in [2.75, 3.05) is 7.11 Å². The van der Waals surface area contributed by atoms with Crippen molar-refractivity contribution in [2.24, 2.45) is 0 Å². The van der Waals surface area contributed by atoms with Gasteiger partial charge in [0.1, 0.15) is 16.8 Å². The third-order valence-electron chi connectivity index (χ3n) is 1.89. The second-order valence-corrected chi connectivity index (χ2v) is 2.66. The smallest absolute Gasteiger partial charge is 0.341 e. The first-order valence-electron chi connectivity index (χ1n) is 3.85. The molecule has 0 aliphatic rings. The number of carboxylic acid groups (broad SMARTS) is 1. The fourth-order valence-electron chi connectivity index (χ4n) is 1.27. The molecule has 2 N–H and O–H groups in total. The summed E-state index contributed by atoms with van der Waals surface area (Å²) in [7, 11) is 1.41. The number of rotatable bonds is 2. The highest BCUT2D eigenvalue weighted by molar-refractivity contribution is 6.03. The van der Waals surface area contributed by atoms with E-state index in [-0.39, 0.29) is 11.3 Å². The summed E-state index contributed by atoms with van der Waals surface area (Å²) in [6, 6.07) is 3.23. The van der Waals surface area contributed by atoms with Crippen LogP contribution in [-0.4, -0.2) is 33.6 Å². The van der Waals surface area contributed by atoms with E-state index in [0.717, 1.165) is 0 Å². The van der Waals surface area contributed by atoms with Gasteiger partial charge < -0.3 is 9.84 Å². The second kappa shape index (κ2) is 2.99. The number of nitrogens with zero attached hydrogens (tertiary/aromatic N) is 2. The third kappa shape index (κ3) is 1.08. The Morgan fingerprint density at radius 2 is 2.36 bits per heavy atom. The Morgan fingerprint density at radius 1 is 1.57 bits per heavy atom. The highest BCUT2D eigenvalue weighted by atomic mass is 16.5. The summed E-state index contributed by atoms with van der Waals surface area (Å²) in [6.07, 6.45) is 0. The number of methoxy groups -OCH3 is 1. The van der Waals surface area contributed by atoms with Crippen LogP contribution in [0.5, 0.6) is 5.75 Å². The van der Waals surface area contributed by atoms with Gasteiger partial charge in [0.05, 0.1) is 12.6 Å². The average molecular weight is 193 g/mol. The van der Waals surface area contributed by atoms with Crippen molar-refractivity contribution in [3.05, 3.63) is 17.7 Å². The maximum atomic E-state index is 10.9. The number of aromatic amines is 1. The van der Waals surface area contributed by atoms with Crippen molar-refractivity contribution in [2.45, 2.75) is 0 Å². The Hall–Kier alpha value is -2.11. The van der Waals surface area contributed by atoms with Crippen molar-refractivity contribution in [3.63, 3.8) is 0 Å². The highest BCUT2D eigenvalue weighted by Gasteiger charge is 2.17. The number of benzene rings is 1. The van der Waals surface area contributed by atoms with Gasteiger partial charge in [-0.15, -0.1) is 5.10 Å². The molecule has 6 heteroatoms. The van der Waals surface area contributed by atoms with Crippen molar-refractivity contribution >= 4 is 17.0 Å². The number of hydrogen-bond donors (Lipinski definition) is 2. The van der Waals surface area contributed by atoms with E-state index >= 15 is 0 Å². The SMILES string of the molecule is COc1ccc2[nH]nnc2c1C(=O)O. The fourth-order valence-corrected chi connectivity index (χ4v) is 1.27. The van der Waals surface area contributed by atoms with E-state index in [4.69, 9.17) is 9.84 Å². The molecule has 0 unspecified atom stereocenters. The van der Waals surface area contributed by atoms with Crippen LogP contribution in [0.4, 0.5) is 0 Å². The molecule has 2 rings (SSSR count). The first-order chi connectivity index (χ1) is 6.74. The zero-order valence-electron chi connectivity index (χ0n) is 7.31. The molecule has 6 nitrogen and oxygen atoms in total. The Morgan fingerprint density at radius 3 is 3.00 bits per heavy atom. The van der Waals surface area contributed by atoms with Gasteiger partial charge >= 0.3 is 5.97 Å². The molecule has 0 atom stereocenters. The molecule has 0 aliphatic heterocycles. The minimum absolute atomic E-state index is 0.0266. The molecule has 0 aliphatic carbocycles. The van der Waals surface area contributed by atoms with Gasteiger partial charge in [-0.25, -0.2) is 4.79 Å². The molecule has 2 aromatic rings. The summed E-state index contributed by atoms with van der Waals surface area (Å²) >= 11 is 0. The van der Waals surface area contributed by atoms with Crippen molar-refractivity contribution < 1.29 is 14.6 Å². The predicted molar refractivity (Wildman–Crippen MR) is 47.4 cm³/mol. The fraction of sp³-hybridized carbons (Fsp3) is 0.125. The van der Waals surface area contributed by atoms with Gasteiger partial charge in [0.2, 0.25) is 0 Å². The normalized spacial score (nSPS) is 10.4. The molecule has 72 valence electrons. The molecule has 0 saturated carbocycles. The van der Waals surface area contributed by atoms with Gasteiger partial charge in [-0.3, -0.25) is 5.10 Å².